The van der Waals surface area contributed by atoms with E-state index in [1.165, 1.54) is 6.20 Å². The number of rotatable bonds is 10. The predicted octanol–water partition coefficient (Wildman–Crippen LogP) is 4.30. The van der Waals surface area contributed by atoms with E-state index in [-0.39, 0.29) is 18.1 Å². The number of ether oxygens (including phenoxy) is 3. The summed E-state index contributed by atoms with van der Waals surface area (Å²) in [6, 6.07) is 17.2. The fourth-order valence-corrected chi connectivity index (χ4v) is 3.47. The molecule has 0 atom stereocenters. The van der Waals surface area contributed by atoms with Gasteiger partial charge < -0.3 is 19.2 Å². The topological polar surface area (TPSA) is 103 Å². The first kappa shape index (κ1) is 24.2. The van der Waals surface area contributed by atoms with Crippen molar-refractivity contribution in [3.8, 4) is 0 Å². The minimum Gasteiger partial charge on any atom is -0.444 e. The summed E-state index contributed by atoms with van der Waals surface area (Å²) in [7, 11) is 0. The second-order valence-corrected chi connectivity index (χ2v) is 7.45. The van der Waals surface area contributed by atoms with Crippen molar-refractivity contribution in [2.45, 2.75) is 39.6 Å². The first-order chi connectivity index (χ1) is 16.0. The van der Waals surface area contributed by atoms with Gasteiger partial charge in [-0.25, -0.2) is 9.78 Å². The lowest BCUT2D eigenvalue weighted by Crippen LogP contribution is -2.39. The normalized spacial score (nSPS) is 11.2. The van der Waals surface area contributed by atoms with Crippen LogP contribution >= 0.6 is 0 Å². The number of anilines is 1. The van der Waals surface area contributed by atoms with E-state index >= 15 is 0 Å². The zero-order valence-corrected chi connectivity index (χ0v) is 19.1. The predicted molar refractivity (Wildman–Crippen MR) is 125 cm³/mol. The van der Waals surface area contributed by atoms with Gasteiger partial charge in [0.2, 0.25) is 5.79 Å². The van der Waals surface area contributed by atoms with Crippen LogP contribution in [0, 0.1) is 6.92 Å². The largest absolute Gasteiger partial charge is 0.444 e. The van der Waals surface area contributed by atoms with Crippen LogP contribution in [0.4, 0.5) is 10.5 Å². The van der Waals surface area contributed by atoms with E-state index in [9.17, 15) is 9.59 Å². The molecule has 0 aliphatic rings. The molecule has 0 fully saturated rings. The molecule has 0 unspecified atom stereocenters. The van der Waals surface area contributed by atoms with Crippen LogP contribution in [0.1, 0.15) is 36.4 Å². The molecule has 0 aliphatic heterocycles. The highest BCUT2D eigenvalue weighted by Gasteiger charge is 2.37. The third kappa shape index (κ3) is 6.50. The number of aromatic nitrogens is 2. The summed E-state index contributed by atoms with van der Waals surface area (Å²) in [5.41, 5.74) is 2.35. The minimum atomic E-state index is -1.27. The van der Waals surface area contributed by atoms with Crippen molar-refractivity contribution in [1.82, 2.24) is 9.97 Å². The molecule has 8 heteroatoms. The highest BCUT2D eigenvalue weighted by Crippen LogP contribution is 2.29. The summed E-state index contributed by atoms with van der Waals surface area (Å²) in [6.07, 6.45) is 0.881. The maximum Gasteiger partial charge on any atom is 0.412 e. The molecular formula is C25H29N3O5. The Labute approximate surface area is 192 Å². The summed E-state index contributed by atoms with van der Waals surface area (Å²) in [4.78, 5) is 31.9. The van der Waals surface area contributed by atoms with E-state index < -0.39 is 17.4 Å². The maximum absolute atomic E-state index is 12.7. The van der Waals surface area contributed by atoms with Gasteiger partial charge in [0.05, 0.1) is 6.20 Å². The van der Waals surface area contributed by atoms with E-state index in [1.807, 2.05) is 75.4 Å². The van der Waals surface area contributed by atoms with Crippen molar-refractivity contribution >= 4 is 11.8 Å². The van der Waals surface area contributed by atoms with E-state index in [0.29, 0.717) is 19.6 Å². The number of aryl methyl sites for hydroxylation is 1. The third-order valence-corrected chi connectivity index (χ3v) is 4.88. The number of hydrogen-bond acceptors (Lipinski definition) is 6. The van der Waals surface area contributed by atoms with Gasteiger partial charge in [0, 0.05) is 19.6 Å². The van der Waals surface area contributed by atoms with Gasteiger partial charge in [-0.2, -0.15) is 0 Å². The van der Waals surface area contributed by atoms with Crippen molar-refractivity contribution in [2.75, 3.05) is 18.5 Å². The molecule has 0 radical (unpaired) electrons. The summed E-state index contributed by atoms with van der Waals surface area (Å²) < 4.78 is 17.2. The molecule has 2 aromatic carbocycles. The third-order valence-electron chi connectivity index (χ3n) is 4.88. The smallest absolute Gasteiger partial charge is 0.412 e. The standard InChI is InChI=1S/C25H29N3O5/c1-4-32-25(33-5-2,15-20-13-9-10-18(3)14-20)23-26-16-21(22(29)28-23)27-24(30)31-17-19-11-7-6-8-12-19/h6-14,16H,4-5,15,17H2,1-3H3,(H,27,30)(H,26,28,29). The van der Waals surface area contributed by atoms with Gasteiger partial charge in [-0.3, -0.25) is 10.1 Å². The van der Waals surface area contributed by atoms with Gasteiger partial charge in [-0.15, -0.1) is 0 Å². The van der Waals surface area contributed by atoms with Gasteiger partial charge >= 0.3 is 6.09 Å². The molecule has 0 saturated heterocycles. The van der Waals surface area contributed by atoms with E-state index in [4.69, 9.17) is 14.2 Å². The molecule has 0 bridgehead atoms. The SMILES string of the molecule is CCOC(Cc1cccc(C)c1)(OCC)c1ncc(NC(=O)OCc2ccccc2)c(=O)[nH]1. The Morgan fingerprint density at radius 2 is 1.73 bits per heavy atom. The molecule has 0 saturated carbocycles. The molecule has 0 spiro atoms. The number of hydrogen-bond donors (Lipinski definition) is 2. The van der Waals surface area contributed by atoms with Crippen molar-refractivity contribution in [3.63, 3.8) is 0 Å². The second-order valence-electron chi connectivity index (χ2n) is 7.45. The second kappa shape index (κ2) is 11.4. The molecule has 33 heavy (non-hydrogen) atoms. The molecule has 8 nitrogen and oxygen atoms in total. The van der Waals surface area contributed by atoms with Crippen LogP contribution in [-0.2, 0) is 33.0 Å². The van der Waals surface area contributed by atoms with Crippen LogP contribution in [0.3, 0.4) is 0 Å². The number of carbonyl (C=O) groups is 1. The van der Waals surface area contributed by atoms with Crippen molar-refractivity contribution < 1.29 is 19.0 Å². The Balaban J connectivity index is 1.80. The lowest BCUT2D eigenvalue weighted by atomic mass is 10.0. The monoisotopic (exact) mass is 451 g/mol. The van der Waals surface area contributed by atoms with Crippen LogP contribution < -0.4 is 10.9 Å². The van der Waals surface area contributed by atoms with Crippen molar-refractivity contribution in [2.24, 2.45) is 0 Å². The number of nitrogens with one attached hydrogen (secondary N) is 2. The summed E-state index contributed by atoms with van der Waals surface area (Å²) >= 11 is 0. The van der Waals surface area contributed by atoms with E-state index in [2.05, 4.69) is 15.3 Å². The lowest BCUT2D eigenvalue weighted by molar-refractivity contribution is -0.247. The molecular weight excluding hydrogens is 422 g/mol. The molecule has 3 aromatic rings. The highest BCUT2D eigenvalue weighted by atomic mass is 16.7. The average Bonchev–Trinajstić information content (AvgIpc) is 2.80. The maximum atomic E-state index is 12.7. The molecule has 1 heterocycles. The Morgan fingerprint density at radius 3 is 2.36 bits per heavy atom. The first-order valence-corrected chi connectivity index (χ1v) is 10.9. The summed E-state index contributed by atoms with van der Waals surface area (Å²) in [6.45, 7) is 6.48. The summed E-state index contributed by atoms with van der Waals surface area (Å²) in [5.74, 6) is -1.05. The van der Waals surface area contributed by atoms with Gasteiger partial charge in [-0.05, 0) is 31.9 Å². The van der Waals surface area contributed by atoms with Crippen LogP contribution in [0.2, 0.25) is 0 Å². The molecule has 2 N–H and O–H groups in total. The van der Waals surface area contributed by atoms with Crippen LogP contribution in [0.25, 0.3) is 0 Å². The molecule has 174 valence electrons. The lowest BCUT2D eigenvalue weighted by Gasteiger charge is -2.32. The Morgan fingerprint density at radius 1 is 1.03 bits per heavy atom. The number of nitrogens with zero attached hydrogens (tertiary/aromatic N) is 1. The average molecular weight is 452 g/mol. The fraction of sp³-hybridized carbons (Fsp3) is 0.320. The minimum absolute atomic E-state index is 0.0331. The van der Waals surface area contributed by atoms with Crippen molar-refractivity contribution in [1.29, 1.82) is 0 Å². The van der Waals surface area contributed by atoms with Crippen molar-refractivity contribution in [3.05, 3.63) is 93.7 Å². The number of aromatic amines is 1. The summed E-state index contributed by atoms with van der Waals surface area (Å²) in [5, 5.41) is 2.43. The quantitative estimate of drug-likeness (QED) is 0.446. The zero-order chi connectivity index (χ0) is 23.7. The van der Waals surface area contributed by atoms with Gasteiger partial charge in [0.15, 0.2) is 5.82 Å². The number of benzene rings is 2. The van der Waals surface area contributed by atoms with Gasteiger partial charge in [0.1, 0.15) is 12.3 Å². The fourth-order valence-electron chi connectivity index (χ4n) is 3.47. The Bertz CT molecular complexity index is 1110. The Kier molecular flexibility index (Phi) is 8.34. The molecule has 0 aliphatic carbocycles. The van der Waals surface area contributed by atoms with Gasteiger partial charge in [-0.1, -0.05) is 60.2 Å². The van der Waals surface area contributed by atoms with Crippen LogP contribution in [-0.4, -0.2) is 29.3 Å². The molecule has 1 aromatic heterocycles. The Hall–Kier alpha value is -3.49. The van der Waals surface area contributed by atoms with Crippen LogP contribution in [0.15, 0.2) is 65.6 Å². The van der Waals surface area contributed by atoms with Gasteiger partial charge in [0.25, 0.3) is 5.56 Å². The number of amides is 1. The number of carbonyl (C=O) groups excluding carboxylic acids is 1. The first-order valence-electron chi connectivity index (χ1n) is 10.9. The van der Waals surface area contributed by atoms with E-state index in [1.54, 1.807) is 0 Å². The molecule has 3 rings (SSSR count). The van der Waals surface area contributed by atoms with Crippen LogP contribution in [0.5, 0.6) is 0 Å². The number of H-pyrrole nitrogens is 1. The van der Waals surface area contributed by atoms with E-state index in [0.717, 1.165) is 16.7 Å². The molecule has 1 amide bonds. The zero-order valence-electron chi connectivity index (χ0n) is 19.1. The highest BCUT2D eigenvalue weighted by molar-refractivity contribution is 5.83.